The molecule has 0 fully saturated rings. The molecule has 0 saturated heterocycles. The van der Waals surface area contributed by atoms with Crippen LogP contribution in [0.2, 0.25) is 25.2 Å². The van der Waals surface area contributed by atoms with Crippen molar-refractivity contribution in [2.24, 2.45) is 0 Å². The zero-order valence-electron chi connectivity index (χ0n) is 19.4. The highest BCUT2D eigenvalue weighted by molar-refractivity contribution is 6.66. The normalized spacial score (nSPS) is 12.3. The fraction of sp³-hybridized carbons (Fsp3) is 0.762. The number of nitrogens with zero attached hydrogens (tertiary/aromatic N) is 2. The van der Waals surface area contributed by atoms with Crippen LogP contribution >= 0.6 is 0 Å². The lowest BCUT2D eigenvalue weighted by Gasteiger charge is -2.30. The minimum Gasteiger partial charge on any atom is -0.395 e. The molecule has 0 unspecified atom stereocenters. The SMILES string of the molecule is CCO[Si](C)(CCCN(CCC[Si](C)(OCC)OCC)c1ccncc1)OCC. The smallest absolute Gasteiger partial charge is 0.334 e. The van der Waals surface area contributed by atoms with E-state index in [2.05, 4.69) is 35.1 Å². The van der Waals surface area contributed by atoms with Crippen LogP contribution in [0, 0.1) is 0 Å². The second kappa shape index (κ2) is 14.3. The van der Waals surface area contributed by atoms with Gasteiger partial charge in [-0.2, -0.15) is 0 Å². The Morgan fingerprint density at radius 3 is 1.45 bits per heavy atom. The summed E-state index contributed by atoms with van der Waals surface area (Å²) in [6.07, 6.45) is 5.83. The molecule has 1 aromatic heterocycles. The summed E-state index contributed by atoms with van der Waals surface area (Å²) in [5.74, 6) is 0. The van der Waals surface area contributed by atoms with Crippen LogP contribution in [-0.2, 0) is 17.7 Å². The van der Waals surface area contributed by atoms with Gasteiger partial charge in [0.15, 0.2) is 0 Å². The lowest BCUT2D eigenvalue weighted by molar-refractivity contribution is 0.188. The van der Waals surface area contributed by atoms with E-state index in [1.807, 2.05) is 40.1 Å². The maximum atomic E-state index is 6.00. The molecule has 29 heavy (non-hydrogen) atoms. The van der Waals surface area contributed by atoms with E-state index in [1.165, 1.54) is 5.69 Å². The summed E-state index contributed by atoms with van der Waals surface area (Å²) in [6, 6.07) is 6.17. The number of rotatable bonds is 17. The third-order valence-electron chi connectivity index (χ3n) is 4.94. The molecule has 0 aliphatic carbocycles. The van der Waals surface area contributed by atoms with Gasteiger partial charge in [-0.3, -0.25) is 4.98 Å². The van der Waals surface area contributed by atoms with Crippen molar-refractivity contribution in [3.8, 4) is 0 Å². The van der Waals surface area contributed by atoms with Crippen molar-refractivity contribution in [3.05, 3.63) is 24.5 Å². The number of hydrogen-bond donors (Lipinski definition) is 0. The Morgan fingerprint density at radius 1 is 0.724 bits per heavy atom. The standard InChI is InChI=1S/C21H42N2O4Si2/c1-7-24-28(5,25-8-2)19-11-17-23(21-13-15-22-16-14-21)18-12-20-29(6,26-9-3)27-10-4/h13-16H,7-12,17-20H2,1-6H3. The number of aromatic nitrogens is 1. The minimum atomic E-state index is -2.07. The second-order valence-electron chi connectivity index (χ2n) is 7.40. The van der Waals surface area contributed by atoms with Gasteiger partial charge in [0.05, 0.1) is 0 Å². The molecule has 0 aliphatic heterocycles. The van der Waals surface area contributed by atoms with Gasteiger partial charge in [-0.05, 0) is 77.9 Å². The predicted octanol–water partition coefficient (Wildman–Crippen LogP) is 4.96. The van der Waals surface area contributed by atoms with Crippen molar-refractivity contribution in [2.75, 3.05) is 44.4 Å². The Labute approximate surface area is 180 Å². The van der Waals surface area contributed by atoms with Crippen molar-refractivity contribution < 1.29 is 17.7 Å². The highest BCUT2D eigenvalue weighted by Crippen LogP contribution is 2.21. The molecule has 168 valence electrons. The second-order valence-corrected chi connectivity index (χ2v) is 14.1. The maximum absolute atomic E-state index is 6.00. The van der Waals surface area contributed by atoms with Gasteiger partial charge in [0.25, 0.3) is 0 Å². The van der Waals surface area contributed by atoms with Crippen LogP contribution in [0.3, 0.4) is 0 Å². The Morgan fingerprint density at radius 2 is 1.10 bits per heavy atom. The van der Waals surface area contributed by atoms with Gasteiger partial charge in [-0.1, -0.05) is 0 Å². The van der Waals surface area contributed by atoms with Crippen molar-refractivity contribution >= 4 is 22.8 Å². The highest BCUT2D eigenvalue weighted by Gasteiger charge is 2.31. The van der Waals surface area contributed by atoms with Gasteiger partial charge in [-0.25, -0.2) is 0 Å². The van der Waals surface area contributed by atoms with E-state index < -0.39 is 17.1 Å². The van der Waals surface area contributed by atoms with E-state index in [4.69, 9.17) is 17.7 Å². The molecule has 0 spiro atoms. The van der Waals surface area contributed by atoms with E-state index in [0.717, 1.165) is 64.4 Å². The molecule has 0 radical (unpaired) electrons. The first-order valence-electron chi connectivity index (χ1n) is 11.1. The monoisotopic (exact) mass is 442 g/mol. The lowest BCUT2D eigenvalue weighted by Crippen LogP contribution is -2.40. The first-order valence-corrected chi connectivity index (χ1v) is 16.2. The average Bonchev–Trinajstić information content (AvgIpc) is 2.68. The van der Waals surface area contributed by atoms with Gasteiger partial charge in [0.1, 0.15) is 0 Å². The minimum absolute atomic E-state index is 0.717. The van der Waals surface area contributed by atoms with Gasteiger partial charge in [0.2, 0.25) is 0 Å². The van der Waals surface area contributed by atoms with Crippen molar-refractivity contribution in [1.29, 1.82) is 0 Å². The van der Waals surface area contributed by atoms with Gasteiger partial charge in [-0.15, -0.1) is 0 Å². The number of anilines is 1. The van der Waals surface area contributed by atoms with Gasteiger partial charge >= 0.3 is 17.1 Å². The van der Waals surface area contributed by atoms with E-state index >= 15 is 0 Å². The van der Waals surface area contributed by atoms with Crippen LogP contribution in [-0.4, -0.2) is 61.6 Å². The van der Waals surface area contributed by atoms with E-state index in [-0.39, 0.29) is 0 Å². The Hall–Kier alpha value is -0.776. The molecule has 1 aromatic rings. The zero-order valence-corrected chi connectivity index (χ0v) is 21.4. The molecular formula is C21H42N2O4Si2. The van der Waals surface area contributed by atoms with E-state index in [0.29, 0.717) is 0 Å². The number of hydrogen-bond acceptors (Lipinski definition) is 6. The summed E-state index contributed by atoms with van der Waals surface area (Å²) >= 11 is 0. The van der Waals surface area contributed by atoms with Crippen molar-refractivity contribution in [1.82, 2.24) is 4.98 Å². The van der Waals surface area contributed by atoms with Crippen LogP contribution in [0.25, 0.3) is 0 Å². The molecule has 1 rings (SSSR count). The molecule has 0 saturated carbocycles. The molecule has 0 aromatic carbocycles. The van der Waals surface area contributed by atoms with Gasteiger partial charge < -0.3 is 22.6 Å². The summed E-state index contributed by atoms with van der Waals surface area (Å²) < 4.78 is 24.0. The molecule has 1 heterocycles. The van der Waals surface area contributed by atoms with Crippen LogP contribution in [0.4, 0.5) is 5.69 Å². The largest absolute Gasteiger partial charge is 0.395 e. The van der Waals surface area contributed by atoms with E-state index in [9.17, 15) is 0 Å². The van der Waals surface area contributed by atoms with Crippen molar-refractivity contribution in [3.63, 3.8) is 0 Å². The molecule has 8 heteroatoms. The summed E-state index contributed by atoms with van der Waals surface area (Å²) in [5.41, 5.74) is 1.22. The third kappa shape index (κ3) is 10.2. The zero-order chi connectivity index (χ0) is 21.6. The topological polar surface area (TPSA) is 53.1 Å². The molecule has 6 nitrogen and oxygen atoms in total. The molecule has 0 N–H and O–H groups in total. The average molecular weight is 443 g/mol. The fourth-order valence-corrected chi connectivity index (χ4v) is 8.49. The molecule has 0 amide bonds. The lowest BCUT2D eigenvalue weighted by atomic mass is 10.3. The summed E-state index contributed by atoms with van der Waals surface area (Å²) in [6.45, 7) is 17.4. The summed E-state index contributed by atoms with van der Waals surface area (Å²) in [4.78, 5) is 6.62. The molecule has 0 atom stereocenters. The number of pyridine rings is 1. The first-order chi connectivity index (χ1) is 13.9. The molecule has 0 aliphatic rings. The summed E-state index contributed by atoms with van der Waals surface area (Å²) in [7, 11) is -4.14. The highest BCUT2D eigenvalue weighted by atomic mass is 28.4. The first kappa shape index (κ1) is 26.3. The third-order valence-corrected chi connectivity index (χ3v) is 11.1. The summed E-state index contributed by atoms with van der Waals surface area (Å²) in [5, 5.41) is 0. The maximum Gasteiger partial charge on any atom is 0.334 e. The van der Waals surface area contributed by atoms with Crippen LogP contribution in [0.15, 0.2) is 24.5 Å². The molecular weight excluding hydrogens is 400 g/mol. The van der Waals surface area contributed by atoms with Crippen LogP contribution < -0.4 is 4.90 Å². The van der Waals surface area contributed by atoms with Crippen LogP contribution in [0.1, 0.15) is 40.5 Å². The molecule has 0 bridgehead atoms. The van der Waals surface area contributed by atoms with Crippen molar-refractivity contribution in [2.45, 2.75) is 65.7 Å². The Bertz CT molecular complexity index is 497. The van der Waals surface area contributed by atoms with Gasteiger partial charge in [0, 0.05) is 57.6 Å². The quantitative estimate of drug-likeness (QED) is 0.318. The Kier molecular flexibility index (Phi) is 12.9. The van der Waals surface area contributed by atoms with Crippen LogP contribution in [0.5, 0.6) is 0 Å². The van der Waals surface area contributed by atoms with E-state index in [1.54, 1.807) is 0 Å². The Balaban J connectivity index is 2.68. The predicted molar refractivity (Wildman–Crippen MR) is 125 cm³/mol. The fourth-order valence-electron chi connectivity index (χ4n) is 3.70.